The number of hydrogen-bond acceptors (Lipinski definition) is 5. The number of nitrogens with one attached hydrogen (secondary N) is 1. The highest BCUT2D eigenvalue weighted by Gasteiger charge is 2.30. The molecule has 0 bridgehead atoms. The van der Waals surface area contributed by atoms with Crippen LogP contribution in [0, 0.1) is 0 Å². The van der Waals surface area contributed by atoms with E-state index in [1.807, 2.05) is 48.5 Å². The molecule has 1 N–H and O–H groups in total. The Hall–Kier alpha value is -3.28. The Morgan fingerprint density at radius 1 is 1.18 bits per heavy atom. The molecule has 3 aromatic rings. The third-order valence-electron chi connectivity index (χ3n) is 4.93. The number of aromatic amines is 1. The number of hydrogen-bond donors (Lipinski definition) is 1. The predicted molar refractivity (Wildman–Crippen MR) is 104 cm³/mol. The van der Waals surface area contributed by atoms with E-state index < -0.39 is 18.0 Å². The van der Waals surface area contributed by atoms with Crippen molar-refractivity contribution in [3.8, 4) is 17.0 Å². The summed E-state index contributed by atoms with van der Waals surface area (Å²) in [6.07, 6.45) is 0.353. The number of benzene rings is 2. The summed E-state index contributed by atoms with van der Waals surface area (Å²) in [5.41, 5.74) is 4.04. The zero-order valence-corrected chi connectivity index (χ0v) is 15.6. The second-order valence-electron chi connectivity index (χ2n) is 6.69. The Kier molecular flexibility index (Phi) is 5.02. The van der Waals surface area contributed by atoms with Crippen molar-refractivity contribution >= 4 is 22.8 Å². The molecule has 0 amide bonds. The van der Waals surface area contributed by atoms with Crippen molar-refractivity contribution in [2.45, 2.75) is 25.4 Å². The van der Waals surface area contributed by atoms with Crippen molar-refractivity contribution in [2.75, 3.05) is 13.7 Å². The summed E-state index contributed by atoms with van der Waals surface area (Å²) in [5, 5.41) is 1.07. The van der Waals surface area contributed by atoms with Gasteiger partial charge in [-0.1, -0.05) is 18.2 Å². The van der Waals surface area contributed by atoms with Crippen LogP contribution in [0.3, 0.4) is 0 Å². The predicted octanol–water partition coefficient (Wildman–Crippen LogP) is 3.63. The Balaban J connectivity index is 1.58. The molecule has 1 saturated heterocycles. The van der Waals surface area contributed by atoms with E-state index in [1.54, 1.807) is 7.11 Å². The SMILES string of the molecule is COc1ccc(-c2[nH]c3ccccc3c2CCC(=O)OC2CCOC2=O)cc1. The second-order valence-corrected chi connectivity index (χ2v) is 6.69. The average Bonchev–Trinajstić information content (AvgIpc) is 3.30. The molecule has 6 nitrogen and oxygen atoms in total. The summed E-state index contributed by atoms with van der Waals surface area (Å²) >= 11 is 0. The molecule has 1 aromatic heterocycles. The molecule has 2 aromatic carbocycles. The number of fused-ring (bicyclic) bond motifs is 1. The summed E-state index contributed by atoms with van der Waals surface area (Å²) in [6.45, 7) is 0.306. The summed E-state index contributed by atoms with van der Waals surface area (Å²) < 4.78 is 15.3. The molecule has 0 saturated carbocycles. The van der Waals surface area contributed by atoms with Crippen LogP contribution in [0.15, 0.2) is 48.5 Å². The molecule has 6 heteroatoms. The van der Waals surface area contributed by atoms with E-state index in [0.29, 0.717) is 19.4 Å². The minimum atomic E-state index is -0.767. The van der Waals surface area contributed by atoms with Crippen LogP contribution in [-0.4, -0.2) is 36.7 Å². The van der Waals surface area contributed by atoms with Crippen molar-refractivity contribution in [2.24, 2.45) is 0 Å². The summed E-state index contributed by atoms with van der Waals surface area (Å²) in [5.74, 6) is -0.0670. The Bertz CT molecular complexity index is 1010. The van der Waals surface area contributed by atoms with E-state index in [9.17, 15) is 9.59 Å². The fourth-order valence-electron chi connectivity index (χ4n) is 3.49. The molecule has 0 spiro atoms. The van der Waals surface area contributed by atoms with Gasteiger partial charge in [0.15, 0.2) is 0 Å². The van der Waals surface area contributed by atoms with Crippen molar-refractivity contribution in [3.63, 3.8) is 0 Å². The molecular formula is C22H21NO5. The van der Waals surface area contributed by atoms with Gasteiger partial charge in [-0.2, -0.15) is 0 Å². The van der Waals surface area contributed by atoms with Gasteiger partial charge in [0.05, 0.1) is 13.7 Å². The smallest absolute Gasteiger partial charge is 0.347 e. The highest BCUT2D eigenvalue weighted by molar-refractivity contribution is 5.91. The van der Waals surface area contributed by atoms with Gasteiger partial charge in [-0.3, -0.25) is 4.79 Å². The Labute approximate surface area is 162 Å². The Morgan fingerprint density at radius 2 is 1.96 bits per heavy atom. The molecule has 28 heavy (non-hydrogen) atoms. The lowest BCUT2D eigenvalue weighted by atomic mass is 10.0. The zero-order valence-electron chi connectivity index (χ0n) is 15.6. The van der Waals surface area contributed by atoms with Crippen molar-refractivity contribution < 1.29 is 23.8 Å². The Morgan fingerprint density at radius 3 is 2.68 bits per heavy atom. The van der Waals surface area contributed by atoms with Crippen LogP contribution in [0.5, 0.6) is 5.75 Å². The van der Waals surface area contributed by atoms with Crippen molar-refractivity contribution in [1.82, 2.24) is 4.98 Å². The molecule has 0 aliphatic carbocycles. The van der Waals surface area contributed by atoms with Crippen LogP contribution in [-0.2, 0) is 25.5 Å². The number of H-pyrrole nitrogens is 1. The van der Waals surface area contributed by atoms with Gasteiger partial charge < -0.3 is 19.2 Å². The minimum absolute atomic E-state index is 0.189. The topological polar surface area (TPSA) is 77.6 Å². The standard InChI is InChI=1S/C22H21NO5/c1-26-15-8-6-14(7-9-15)21-17(16-4-2-3-5-18(16)23-21)10-11-20(24)28-19-12-13-27-22(19)25/h2-9,19,23H,10-13H2,1H3. The first-order valence-electron chi connectivity index (χ1n) is 9.26. The lowest BCUT2D eigenvalue weighted by molar-refractivity contribution is -0.160. The third-order valence-corrected chi connectivity index (χ3v) is 4.93. The molecule has 144 valence electrons. The van der Waals surface area contributed by atoms with E-state index >= 15 is 0 Å². The molecule has 1 atom stereocenters. The lowest BCUT2D eigenvalue weighted by Crippen LogP contribution is -2.22. The van der Waals surface area contributed by atoms with E-state index in [1.165, 1.54) is 0 Å². The van der Waals surface area contributed by atoms with Gasteiger partial charge in [-0.05, 0) is 47.9 Å². The van der Waals surface area contributed by atoms with Crippen LogP contribution in [0.2, 0.25) is 0 Å². The number of aromatic nitrogens is 1. The molecule has 2 heterocycles. The normalized spacial score (nSPS) is 16.2. The maximum atomic E-state index is 12.3. The maximum Gasteiger partial charge on any atom is 0.347 e. The van der Waals surface area contributed by atoms with Gasteiger partial charge in [0.1, 0.15) is 5.75 Å². The third kappa shape index (κ3) is 3.58. The summed E-state index contributed by atoms with van der Waals surface area (Å²) in [4.78, 5) is 27.2. The number of para-hydroxylation sites is 1. The van der Waals surface area contributed by atoms with E-state index in [4.69, 9.17) is 14.2 Å². The minimum Gasteiger partial charge on any atom is -0.497 e. The highest BCUT2D eigenvalue weighted by atomic mass is 16.6. The van der Waals surface area contributed by atoms with Crippen LogP contribution in [0.1, 0.15) is 18.4 Å². The number of carbonyl (C=O) groups excluding carboxylic acids is 2. The van der Waals surface area contributed by atoms with Crippen molar-refractivity contribution in [1.29, 1.82) is 0 Å². The first kappa shape index (κ1) is 18.1. The van der Waals surface area contributed by atoms with E-state index in [0.717, 1.165) is 33.5 Å². The van der Waals surface area contributed by atoms with E-state index in [2.05, 4.69) is 4.98 Å². The number of aryl methyl sites for hydroxylation is 1. The fraction of sp³-hybridized carbons (Fsp3) is 0.273. The number of methoxy groups -OCH3 is 1. The summed E-state index contributed by atoms with van der Waals surface area (Å²) in [7, 11) is 1.63. The average molecular weight is 379 g/mol. The van der Waals surface area contributed by atoms with Gasteiger partial charge in [-0.15, -0.1) is 0 Å². The lowest BCUT2D eigenvalue weighted by Gasteiger charge is -2.09. The number of rotatable bonds is 6. The fourth-order valence-corrected chi connectivity index (χ4v) is 3.49. The van der Waals surface area contributed by atoms with Gasteiger partial charge >= 0.3 is 11.9 Å². The molecule has 1 fully saturated rings. The van der Waals surface area contributed by atoms with E-state index in [-0.39, 0.29) is 6.42 Å². The number of ether oxygens (including phenoxy) is 3. The van der Waals surface area contributed by atoms with Crippen LogP contribution in [0.25, 0.3) is 22.2 Å². The molecule has 4 rings (SSSR count). The molecule has 1 aliphatic rings. The highest BCUT2D eigenvalue weighted by Crippen LogP contribution is 2.32. The summed E-state index contributed by atoms with van der Waals surface area (Å²) in [6, 6.07) is 15.8. The maximum absolute atomic E-state index is 12.3. The molecular weight excluding hydrogens is 358 g/mol. The number of esters is 2. The first-order valence-corrected chi connectivity index (χ1v) is 9.26. The van der Waals surface area contributed by atoms with Crippen molar-refractivity contribution in [3.05, 3.63) is 54.1 Å². The first-order chi connectivity index (χ1) is 13.7. The van der Waals surface area contributed by atoms with Crippen LogP contribution in [0.4, 0.5) is 0 Å². The van der Waals surface area contributed by atoms with Gasteiger partial charge in [0, 0.05) is 29.4 Å². The van der Waals surface area contributed by atoms with Gasteiger partial charge in [0.2, 0.25) is 6.10 Å². The van der Waals surface area contributed by atoms with Crippen LogP contribution < -0.4 is 4.74 Å². The zero-order chi connectivity index (χ0) is 19.5. The van der Waals surface area contributed by atoms with Gasteiger partial charge in [-0.25, -0.2) is 4.79 Å². The molecule has 1 aliphatic heterocycles. The monoisotopic (exact) mass is 379 g/mol. The number of cyclic esters (lactones) is 1. The van der Waals surface area contributed by atoms with Crippen LogP contribution >= 0.6 is 0 Å². The molecule has 1 unspecified atom stereocenters. The largest absolute Gasteiger partial charge is 0.497 e. The second kappa shape index (κ2) is 7.76. The quantitative estimate of drug-likeness (QED) is 0.662. The number of carbonyl (C=O) groups is 2. The molecule has 0 radical (unpaired) electrons. The van der Waals surface area contributed by atoms with Gasteiger partial charge in [0.25, 0.3) is 0 Å².